The summed E-state index contributed by atoms with van der Waals surface area (Å²) < 4.78 is 0. The summed E-state index contributed by atoms with van der Waals surface area (Å²) in [6, 6.07) is 86.5. The maximum absolute atomic E-state index is 2.47. The van der Waals surface area contributed by atoms with Crippen molar-refractivity contribution in [1.29, 1.82) is 0 Å². The first-order chi connectivity index (χ1) is 29.2. The van der Waals surface area contributed by atoms with Gasteiger partial charge in [-0.2, -0.15) is 0 Å². The number of nitrogens with zero attached hydrogens (tertiary/aromatic N) is 1. The molecule has 0 amide bonds. The SMILES string of the molecule is c1ccc(-c2cccc(N(c3cc(-c4ccccc4)c4ccccc4c3)c3ccc(-c4ccccc4)cc3-c3ccc4c(ccc5ccc6ccccc6c54)c3)c2)cc1. The van der Waals surface area contributed by atoms with Gasteiger partial charge in [0.05, 0.1) is 5.69 Å². The maximum Gasteiger partial charge on any atom is 0.0540 e. The highest BCUT2D eigenvalue weighted by atomic mass is 15.1. The largest absolute Gasteiger partial charge is 0.310 e. The highest BCUT2D eigenvalue weighted by Crippen LogP contribution is 2.46. The van der Waals surface area contributed by atoms with Gasteiger partial charge >= 0.3 is 0 Å². The van der Waals surface area contributed by atoms with Crippen molar-refractivity contribution in [2.24, 2.45) is 0 Å². The summed E-state index contributed by atoms with van der Waals surface area (Å²) in [5, 5.41) is 10.0. The molecule has 0 unspecified atom stereocenters. The van der Waals surface area contributed by atoms with Gasteiger partial charge in [0.2, 0.25) is 0 Å². The van der Waals surface area contributed by atoms with Crippen LogP contribution in [0.1, 0.15) is 0 Å². The van der Waals surface area contributed by atoms with E-state index in [4.69, 9.17) is 0 Å². The first-order valence-corrected chi connectivity index (χ1v) is 20.3. The van der Waals surface area contributed by atoms with Crippen LogP contribution in [0.5, 0.6) is 0 Å². The lowest BCUT2D eigenvalue weighted by atomic mass is 9.92. The van der Waals surface area contributed by atoms with Gasteiger partial charge in [-0.3, -0.25) is 0 Å². The third-order valence-electron chi connectivity index (χ3n) is 11.8. The Labute approximate surface area is 344 Å². The Bertz CT molecular complexity index is 3310. The third-order valence-corrected chi connectivity index (χ3v) is 11.8. The van der Waals surface area contributed by atoms with Crippen LogP contribution < -0.4 is 4.90 Å². The van der Waals surface area contributed by atoms with Crippen molar-refractivity contribution in [3.8, 4) is 44.5 Å². The molecule has 0 aliphatic heterocycles. The molecule has 1 heteroatoms. The van der Waals surface area contributed by atoms with Crippen molar-refractivity contribution < 1.29 is 0 Å². The second kappa shape index (κ2) is 14.6. The van der Waals surface area contributed by atoms with Crippen LogP contribution in [0, 0.1) is 0 Å². The molecule has 1 nitrogen and oxygen atoms in total. The van der Waals surface area contributed by atoms with E-state index >= 15 is 0 Å². The predicted molar refractivity (Wildman–Crippen MR) is 253 cm³/mol. The fourth-order valence-corrected chi connectivity index (χ4v) is 8.94. The number of benzene rings is 11. The summed E-state index contributed by atoms with van der Waals surface area (Å²) in [7, 11) is 0. The van der Waals surface area contributed by atoms with Crippen LogP contribution in [0.2, 0.25) is 0 Å². The van der Waals surface area contributed by atoms with E-state index in [9.17, 15) is 0 Å². The van der Waals surface area contributed by atoms with Gasteiger partial charge in [-0.05, 0) is 124 Å². The second-order valence-corrected chi connectivity index (χ2v) is 15.3. The van der Waals surface area contributed by atoms with Crippen molar-refractivity contribution >= 4 is 60.2 Å². The summed E-state index contributed by atoms with van der Waals surface area (Å²) in [5.41, 5.74) is 12.7. The minimum absolute atomic E-state index is 1.09. The van der Waals surface area contributed by atoms with Crippen molar-refractivity contribution in [2.75, 3.05) is 4.90 Å². The molecule has 0 saturated carbocycles. The minimum atomic E-state index is 1.09. The van der Waals surface area contributed by atoms with Gasteiger partial charge in [-0.15, -0.1) is 0 Å². The summed E-state index contributed by atoms with van der Waals surface area (Å²) in [5.74, 6) is 0. The molecule has 0 aliphatic carbocycles. The van der Waals surface area contributed by atoms with Crippen LogP contribution in [-0.2, 0) is 0 Å². The molecule has 276 valence electrons. The van der Waals surface area contributed by atoms with Crippen LogP contribution in [0.4, 0.5) is 17.1 Å². The van der Waals surface area contributed by atoms with E-state index in [0.29, 0.717) is 0 Å². The number of fused-ring (bicyclic) bond motifs is 6. The fraction of sp³-hybridized carbons (Fsp3) is 0. The Morgan fingerprint density at radius 3 is 1.53 bits per heavy atom. The molecule has 0 atom stereocenters. The molecule has 0 aromatic heterocycles. The second-order valence-electron chi connectivity index (χ2n) is 15.3. The average molecular weight is 750 g/mol. The molecule has 0 radical (unpaired) electrons. The van der Waals surface area contributed by atoms with E-state index < -0.39 is 0 Å². The van der Waals surface area contributed by atoms with Crippen molar-refractivity contribution in [3.63, 3.8) is 0 Å². The third kappa shape index (κ3) is 6.30. The van der Waals surface area contributed by atoms with E-state index in [1.54, 1.807) is 0 Å². The number of hydrogen-bond donors (Lipinski definition) is 0. The normalized spacial score (nSPS) is 11.4. The first-order valence-electron chi connectivity index (χ1n) is 20.3. The van der Waals surface area contributed by atoms with Gasteiger partial charge in [0.25, 0.3) is 0 Å². The smallest absolute Gasteiger partial charge is 0.0540 e. The molecule has 0 spiro atoms. The minimum Gasteiger partial charge on any atom is -0.310 e. The zero-order valence-electron chi connectivity index (χ0n) is 32.5. The number of hydrogen-bond acceptors (Lipinski definition) is 1. The quantitative estimate of drug-likeness (QED) is 0.147. The van der Waals surface area contributed by atoms with E-state index in [1.807, 2.05) is 0 Å². The Kier molecular flexibility index (Phi) is 8.56. The van der Waals surface area contributed by atoms with Gasteiger partial charge in [0.15, 0.2) is 0 Å². The molecule has 0 N–H and O–H groups in total. The standard InChI is InChI=1S/C58H39N/c1-4-15-40(16-5-1)45-23-14-24-50(36-45)59(51-37-47-22-11-12-25-52(47)55(39-51)42-19-8-3-9-20-42)57-34-32-46(41-17-6-2-7-18-41)38-56(57)49-31-33-54-48(35-49)30-29-44-28-27-43-21-10-13-26-53(43)58(44)54/h1-39H. The number of anilines is 3. The van der Waals surface area contributed by atoms with Crippen molar-refractivity contribution in [1.82, 2.24) is 0 Å². The Morgan fingerprint density at radius 1 is 0.237 bits per heavy atom. The van der Waals surface area contributed by atoms with E-state index in [-0.39, 0.29) is 0 Å². The van der Waals surface area contributed by atoms with Crippen molar-refractivity contribution in [3.05, 3.63) is 237 Å². The van der Waals surface area contributed by atoms with Crippen LogP contribution in [-0.4, -0.2) is 0 Å². The zero-order valence-corrected chi connectivity index (χ0v) is 32.5. The zero-order chi connectivity index (χ0) is 39.1. The molecule has 0 saturated heterocycles. The highest BCUT2D eigenvalue weighted by molar-refractivity contribution is 6.20. The molecule has 0 bridgehead atoms. The summed E-state index contributed by atoms with van der Waals surface area (Å²) in [4.78, 5) is 2.47. The molecular formula is C58H39N. The van der Waals surface area contributed by atoms with Gasteiger partial charge in [0, 0.05) is 16.9 Å². The van der Waals surface area contributed by atoms with Crippen LogP contribution in [0.25, 0.3) is 87.6 Å². The molecule has 0 fully saturated rings. The monoisotopic (exact) mass is 749 g/mol. The van der Waals surface area contributed by atoms with E-state index in [1.165, 1.54) is 76.5 Å². The first kappa shape index (κ1) is 34.5. The molecule has 11 aromatic carbocycles. The van der Waals surface area contributed by atoms with Gasteiger partial charge in [-0.1, -0.05) is 194 Å². The molecule has 11 rings (SSSR count). The summed E-state index contributed by atoms with van der Waals surface area (Å²) in [6.45, 7) is 0. The fourth-order valence-electron chi connectivity index (χ4n) is 8.94. The average Bonchev–Trinajstić information content (AvgIpc) is 3.32. The molecule has 0 aliphatic rings. The number of rotatable bonds is 7. The van der Waals surface area contributed by atoms with Crippen molar-refractivity contribution in [2.45, 2.75) is 0 Å². The molecule has 59 heavy (non-hydrogen) atoms. The van der Waals surface area contributed by atoms with Crippen LogP contribution in [0.3, 0.4) is 0 Å². The molecule has 11 aromatic rings. The van der Waals surface area contributed by atoms with Gasteiger partial charge in [0.1, 0.15) is 0 Å². The summed E-state index contributed by atoms with van der Waals surface area (Å²) in [6.07, 6.45) is 0. The van der Waals surface area contributed by atoms with Crippen LogP contribution in [0.15, 0.2) is 237 Å². The Hall–Kier alpha value is -7.74. The lowest BCUT2D eigenvalue weighted by Crippen LogP contribution is -2.12. The van der Waals surface area contributed by atoms with Gasteiger partial charge in [-0.25, -0.2) is 0 Å². The molecule has 0 heterocycles. The summed E-state index contributed by atoms with van der Waals surface area (Å²) >= 11 is 0. The van der Waals surface area contributed by atoms with E-state index in [2.05, 4.69) is 241 Å². The lowest BCUT2D eigenvalue weighted by Gasteiger charge is -2.30. The Balaban J connectivity index is 1.19. The topological polar surface area (TPSA) is 3.24 Å². The highest BCUT2D eigenvalue weighted by Gasteiger charge is 2.21. The lowest BCUT2D eigenvalue weighted by molar-refractivity contribution is 1.29. The van der Waals surface area contributed by atoms with E-state index in [0.717, 1.165) is 28.2 Å². The predicted octanol–water partition coefficient (Wildman–Crippen LogP) is 16.4. The van der Waals surface area contributed by atoms with Crippen LogP contribution >= 0.6 is 0 Å². The van der Waals surface area contributed by atoms with Gasteiger partial charge < -0.3 is 4.90 Å². The Morgan fingerprint density at radius 2 is 0.780 bits per heavy atom. The molecular weight excluding hydrogens is 711 g/mol. The maximum atomic E-state index is 2.47.